The highest BCUT2D eigenvalue weighted by molar-refractivity contribution is 6.39. The summed E-state index contributed by atoms with van der Waals surface area (Å²) in [5.74, 6) is -2.15. The van der Waals surface area contributed by atoms with Crippen molar-refractivity contribution in [3.8, 4) is 5.75 Å². The molecule has 1 amide bonds. The van der Waals surface area contributed by atoms with Crippen molar-refractivity contribution in [2.45, 2.75) is 77.9 Å². The fourth-order valence-corrected chi connectivity index (χ4v) is 5.23. The average Bonchev–Trinajstić information content (AvgIpc) is 3.21. The number of fused-ring (bicyclic) bond motifs is 1. The van der Waals surface area contributed by atoms with Crippen molar-refractivity contribution in [1.82, 2.24) is 20.2 Å². The molecule has 0 bridgehead atoms. The topological polar surface area (TPSA) is 80.2 Å². The van der Waals surface area contributed by atoms with E-state index in [4.69, 9.17) is 27.9 Å². The molecular weight excluding hydrogens is 597 g/mol. The number of imidazole rings is 1. The van der Waals surface area contributed by atoms with E-state index >= 15 is 0 Å². The van der Waals surface area contributed by atoms with Crippen LogP contribution in [0.2, 0.25) is 10.0 Å². The van der Waals surface area contributed by atoms with Crippen LogP contribution in [0.4, 0.5) is 29.2 Å². The molecule has 0 unspecified atom stereocenters. The van der Waals surface area contributed by atoms with Crippen molar-refractivity contribution in [3.05, 3.63) is 45.4 Å². The third-order valence-electron chi connectivity index (χ3n) is 7.25. The Labute approximate surface area is 252 Å². The highest BCUT2D eigenvalue weighted by Gasteiger charge is 2.34. The van der Waals surface area contributed by atoms with Crippen LogP contribution in [-0.2, 0) is 24.9 Å². The van der Waals surface area contributed by atoms with Crippen molar-refractivity contribution in [2.75, 3.05) is 11.9 Å². The molecule has 13 heteroatoms. The van der Waals surface area contributed by atoms with Gasteiger partial charge in [0, 0.05) is 56.1 Å². The first-order chi connectivity index (χ1) is 19.6. The molecule has 0 saturated heterocycles. The van der Waals surface area contributed by atoms with Gasteiger partial charge in [0.05, 0.1) is 26.8 Å². The summed E-state index contributed by atoms with van der Waals surface area (Å²) in [6, 6.07) is 6.64. The number of aromatic nitrogens is 2. The monoisotopic (exact) mass is 631 g/mol. The van der Waals surface area contributed by atoms with Crippen LogP contribution < -0.4 is 20.7 Å². The standard InChI is InChI=1S/C29H35Cl2F4N5O2/c1-28(2,3)26(41)37-13-16-5-6-19(30)25(24(16)31)39-27-38-20-11-17(14-36-18-7-9-29(34,35)10-8-18)22(42-15-23(32)33)12-21(20)40(27)4/h5-6,11-12,18,23,36H,7-10,13-15H2,1-4H3,(H,37,41)(H,38,39). The maximum atomic E-state index is 13.6. The Morgan fingerprint density at radius 1 is 1.14 bits per heavy atom. The van der Waals surface area contributed by atoms with Gasteiger partial charge in [-0.15, -0.1) is 0 Å². The van der Waals surface area contributed by atoms with Crippen LogP contribution in [0.3, 0.4) is 0 Å². The number of nitrogens with zero attached hydrogens (tertiary/aromatic N) is 2. The molecule has 0 aliphatic heterocycles. The zero-order valence-electron chi connectivity index (χ0n) is 23.9. The molecule has 0 spiro atoms. The summed E-state index contributed by atoms with van der Waals surface area (Å²) >= 11 is 13.2. The molecule has 230 valence electrons. The molecular formula is C29H35Cl2F4N5O2. The van der Waals surface area contributed by atoms with Crippen molar-refractivity contribution >= 4 is 51.8 Å². The van der Waals surface area contributed by atoms with E-state index in [0.29, 0.717) is 56.7 Å². The number of anilines is 2. The Hall–Kier alpha value is -2.76. The molecule has 1 aliphatic rings. The van der Waals surface area contributed by atoms with Crippen molar-refractivity contribution < 1.29 is 27.1 Å². The summed E-state index contributed by atoms with van der Waals surface area (Å²) in [4.78, 5) is 17.0. The largest absolute Gasteiger partial charge is 0.487 e. The highest BCUT2D eigenvalue weighted by atomic mass is 35.5. The number of amides is 1. The van der Waals surface area contributed by atoms with Gasteiger partial charge in [0.15, 0.2) is 0 Å². The smallest absolute Gasteiger partial charge is 0.272 e. The molecule has 3 aromatic rings. The molecule has 0 radical (unpaired) electrons. The van der Waals surface area contributed by atoms with E-state index in [2.05, 4.69) is 20.9 Å². The predicted molar refractivity (Wildman–Crippen MR) is 157 cm³/mol. The molecule has 2 aromatic carbocycles. The summed E-state index contributed by atoms with van der Waals surface area (Å²) in [6.45, 7) is 5.08. The van der Waals surface area contributed by atoms with Crippen LogP contribution in [-0.4, -0.2) is 40.5 Å². The van der Waals surface area contributed by atoms with Gasteiger partial charge in [0.2, 0.25) is 17.8 Å². The molecule has 1 aromatic heterocycles. The van der Waals surface area contributed by atoms with Crippen LogP contribution in [0.15, 0.2) is 24.3 Å². The number of aryl methyl sites for hydroxylation is 1. The predicted octanol–water partition coefficient (Wildman–Crippen LogP) is 7.60. The summed E-state index contributed by atoms with van der Waals surface area (Å²) in [5, 5.41) is 9.95. The number of nitrogens with one attached hydrogen (secondary N) is 3. The lowest BCUT2D eigenvalue weighted by Crippen LogP contribution is -2.36. The summed E-state index contributed by atoms with van der Waals surface area (Å²) in [6.07, 6.45) is -2.41. The zero-order chi connectivity index (χ0) is 30.8. The Morgan fingerprint density at radius 2 is 1.83 bits per heavy atom. The minimum absolute atomic E-state index is 0.117. The number of hydrogen-bond donors (Lipinski definition) is 3. The first kappa shape index (κ1) is 32.2. The van der Waals surface area contributed by atoms with Crippen LogP contribution in [0, 0.1) is 5.41 Å². The average molecular weight is 633 g/mol. The Balaban J connectivity index is 1.59. The maximum absolute atomic E-state index is 13.6. The second-order valence-corrected chi connectivity index (χ2v) is 12.4. The number of benzene rings is 2. The summed E-state index contributed by atoms with van der Waals surface area (Å²) < 4.78 is 60.3. The molecule has 3 N–H and O–H groups in total. The van der Waals surface area contributed by atoms with E-state index in [0.717, 1.165) is 0 Å². The zero-order valence-corrected chi connectivity index (χ0v) is 25.4. The quantitative estimate of drug-likeness (QED) is 0.201. The van der Waals surface area contributed by atoms with Gasteiger partial charge in [-0.3, -0.25) is 4.79 Å². The Kier molecular flexibility index (Phi) is 9.84. The van der Waals surface area contributed by atoms with E-state index in [9.17, 15) is 22.4 Å². The number of halogens is 6. The number of ether oxygens (including phenoxy) is 1. The van der Waals surface area contributed by atoms with Gasteiger partial charge in [-0.25, -0.2) is 22.5 Å². The number of carbonyl (C=O) groups is 1. The highest BCUT2D eigenvalue weighted by Crippen LogP contribution is 2.37. The maximum Gasteiger partial charge on any atom is 0.272 e. The SMILES string of the molecule is Cn1c(Nc2c(Cl)ccc(CNC(=O)C(C)(C)C)c2Cl)nc2cc(CNC3CCC(F)(F)CC3)c(OCC(F)F)cc21. The molecule has 1 heterocycles. The molecule has 42 heavy (non-hydrogen) atoms. The molecule has 4 rings (SSSR count). The van der Waals surface area contributed by atoms with Crippen molar-refractivity contribution in [3.63, 3.8) is 0 Å². The summed E-state index contributed by atoms with van der Waals surface area (Å²) in [5.41, 5.74) is 2.21. The molecule has 1 fully saturated rings. The number of hydrogen-bond acceptors (Lipinski definition) is 5. The lowest BCUT2D eigenvalue weighted by molar-refractivity contribution is -0.128. The van der Waals surface area contributed by atoms with Crippen LogP contribution in [0.5, 0.6) is 5.75 Å². The minimum atomic E-state index is -2.67. The molecule has 0 atom stereocenters. The van der Waals surface area contributed by atoms with Gasteiger partial charge in [0.1, 0.15) is 12.4 Å². The Bertz CT molecular complexity index is 1430. The number of carbonyl (C=O) groups excluding carboxylic acids is 1. The summed E-state index contributed by atoms with van der Waals surface area (Å²) in [7, 11) is 1.74. The van der Waals surface area contributed by atoms with Gasteiger partial charge in [-0.05, 0) is 30.5 Å². The number of alkyl halides is 4. The van der Waals surface area contributed by atoms with Crippen molar-refractivity contribution in [2.24, 2.45) is 12.5 Å². The molecule has 1 aliphatic carbocycles. The first-order valence-electron chi connectivity index (χ1n) is 13.7. The van der Waals surface area contributed by atoms with Gasteiger partial charge in [-0.1, -0.05) is 50.0 Å². The lowest BCUT2D eigenvalue weighted by Gasteiger charge is -2.29. The van der Waals surface area contributed by atoms with E-state index in [-0.39, 0.29) is 43.6 Å². The van der Waals surface area contributed by atoms with Gasteiger partial charge < -0.3 is 25.3 Å². The van der Waals surface area contributed by atoms with E-state index in [1.54, 1.807) is 35.9 Å². The third-order valence-corrected chi connectivity index (χ3v) is 8.00. The van der Waals surface area contributed by atoms with E-state index < -0.39 is 24.4 Å². The number of rotatable bonds is 10. The van der Waals surface area contributed by atoms with Crippen LogP contribution in [0.1, 0.15) is 57.6 Å². The Morgan fingerprint density at radius 3 is 2.48 bits per heavy atom. The van der Waals surface area contributed by atoms with E-state index in [1.807, 2.05) is 20.8 Å². The first-order valence-corrected chi connectivity index (χ1v) is 14.4. The molecule has 7 nitrogen and oxygen atoms in total. The van der Waals surface area contributed by atoms with Crippen molar-refractivity contribution in [1.29, 1.82) is 0 Å². The minimum Gasteiger partial charge on any atom is -0.487 e. The van der Waals surface area contributed by atoms with Crippen LogP contribution in [0.25, 0.3) is 11.0 Å². The van der Waals surface area contributed by atoms with Gasteiger partial charge in [0.25, 0.3) is 6.43 Å². The fraction of sp³-hybridized carbons (Fsp3) is 0.517. The van der Waals surface area contributed by atoms with Crippen LogP contribution >= 0.6 is 23.2 Å². The normalized spacial score (nSPS) is 15.8. The second kappa shape index (κ2) is 12.9. The second-order valence-electron chi connectivity index (χ2n) is 11.6. The lowest BCUT2D eigenvalue weighted by atomic mass is 9.92. The molecule has 1 saturated carbocycles. The van der Waals surface area contributed by atoms with E-state index in [1.165, 1.54) is 0 Å². The fourth-order valence-electron chi connectivity index (χ4n) is 4.70. The van der Waals surface area contributed by atoms with Gasteiger partial charge in [-0.2, -0.15) is 0 Å². The van der Waals surface area contributed by atoms with Gasteiger partial charge >= 0.3 is 0 Å². The third kappa shape index (κ3) is 7.79.